The third-order valence-electron chi connectivity index (χ3n) is 9.77. The molecule has 1 saturated heterocycles. The molecule has 6 heteroatoms. The lowest BCUT2D eigenvalue weighted by Crippen LogP contribution is -2.48. The molecular formula is C43H48N4O2. The maximum atomic E-state index is 14.4. The first kappa shape index (κ1) is 34.1. The maximum absolute atomic E-state index is 14.4. The van der Waals surface area contributed by atoms with Crippen molar-refractivity contribution in [3.05, 3.63) is 144 Å². The van der Waals surface area contributed by atoms with Gasteiger partial charge in [-0.25, -0.2) is 0 Å². The second kappa shape index (κ2) is 16.1. The predicted molar refractivity (Wildman–Crippen MR) is 200 cm³/mol. The second-order valence-corrected chi connectivity index (χ2v) is 13.6. The van der Waals surface area contributed by atoms with Crippen molar-refractivity contribution in [3.63, 3.8) is 0 Å². The molecule has 1 aliphatic heterocycles. The van der Waals surface area contributed by atoms with E-state index in [2.05, 4.69) is 112 Å². The Morgan fingerprint density at radius 2 is 1.49 bits per heavy atom. The van der Waals surface area contributed by atoms with E-state index in [1.165, 1.54) is 10.9 Å². The summed E-state index contributed by atoms with van der Waals surface area (Å²) in [5, 5.41) is 5.40. The molecule has 5 aromatic carbocycles. The number of rotatable bonds is 12. The van der Waals surface area contributed by atoms with E-state index in [1.807, 2.05) is 50.5 Å². The van der Waals surface area contributed by atoms with Crippen molar-refractivity contribution in [1.29, 1.82) is 0 Å². The van der Waals surface area contributed by atoms with Crippen LogP contribution < -0.4 is 5.32 Å². The number of fused-ring (bicyclic) bond motifs is 1. The first-order chi connectivity index (χ1) is 23.9. The molecule has 49 heavy (non-hydrogen) atoms. The fourth-order valence-electron chi connectivity index (χ4n) is 7.10. The number of carbonyl (C=O) groups excluding carboxylic acids is 2. The van der Waals surface area contributed by atoms with Gasteiger partial charge in [-0.05, 0) is 84.6 Å². The number of hydrogen-bond acceptors (Lipinski definition) is 4. The molecule has 1 fully saturated rings. The molecule has 1 unspecified atom stereocenters. The van der Waals surface area contributed by atoms with Gasteiger partial charge in [-0.1, -0.05) is 109 Å². The lowest BCUT2D eigenvalue weighted by molar-refractivity contribution is -0.136. The van der Waals surface area contributed by atoms with E-state index >= 15 is 0 Å². The van der Waals surface area contributed by atoms with Crippen molar-refractivity contribution in [2.75, 3.05) is 40.3 Å². The molecule has 0 radical (unpaired) electrons. The molecule has 1 atom stereocenters. The van der Waals surface area contributed by atoms with Crippen LogP contribution in [-0.2, 0) is 17.8 Å². The summed E-state index contributed by atoms with van der Waals surface area (Å²) in [6, 6.07) is 41.5. The molecule has 0 bridgehead atoms. The molecule has 0 aromatic heterocycles. The van der Waals surface area contributed by atoms with Gasteiger partial charge in [0.25, 0.3) is 5.91 Å². The minimum atomic E-state index is -0.139. The molecule has 1 aliphatic rings. The van der Waals surface area contributed by atoms with Crippen molar-refractivity contribution in [2.24, 2.45) is 0 Å². The third kappa shape index (κ3) is 8.63. The van der Waals surface area contributed by atoms with Crippen LogP contribution in [0.5, 0.6) is 0 Å². The third-order valence-corrected chi connectivity index (χ3v) is 9.77. The van der Waals surface area contributed by atoms with E-state index in [4.69, 9.17) is 0 Å². The van der Waals surface area contributed by atoms with Crippen molar-refractivity contribution < 1.29 is 9.59 Å². The van der Waals surface area contributed by atoms with Gasteiger partial charge in [-0.15, -0.1) is 0 Å². The van der Waals surface area contributed by atoms with Gasteiger partial charge in [0.15, 0.2) is 0 Å². The van der Waals surface area contributed by atoms with Crippen LogP contribution in [0, 0.1) is 0 Å². The van der Waals surface area contributed by atoms with Crippen LogP contribution in [0.1, 0.15) is 52.9 Å². The molecule has 0 aliphatic carbocycles. The average Bonchev–Trinajstić information content (AvgIpc) is 3.12. The first-order valence-corrected chi connectivity index (χ1v) is 17.5. The van der Waals surface area contributed by atoms with Crippen LogP contribution >= 0.6 is 0 Å². The Morgan fingerprint density at radius 3 is 2.27 bits per heavy atom. The maximum Gasteiger partial charge on any atom is 0.251 e. The van der Waals surface area contributed by atoms with Crippen LogP contribution in [0.15, 0.2) is 121 Å². The van der Waals surface area contributed by atoms with Crippen LogP contribution in [0.4, 0.5) is 0 Å². The summed E-state index contributed by atoms with van der Waals surface area (Å²) in [4.78, 5) is 34.4. The Bertz CT molecular complexity index is 1860. The Kier molecular flexibility index (Phi) is 11.2. The van der Waals surface area contributed by atoms with Crippen molar-refractivity contribution in [1.82, 2.24) is 20.0 Å². The molecule has 0 spiro atoms. The van der Waals surface area contributed by atoms with Crippen molar-refractivity contribution in [2.45, 2.75) is 44.8 Å². The number of hydrogen-bond donors (Lipinski definition) is 1. The molecule has 2 amide bonds. The molecule has 252 valence electrons. The average molecular weight is 653 g/mol. The number of amides is 2. The van der Waals surface area contributed by atoms with Crippen molar-refractivity contribution in [3.8, 4) is 11.1 Å². The fourth-order valence-corrected chi connectivity index (χ4v) is 7.10. The summed E-state index contributed by atoms with van der Waals surface area (Å²) in [5.41, 5.74) is 5.94. The van der Waals surface area contributed by atoms with E-state index in [1.54, 1.807) is 0 Å². The number of nitrogens with one attached hydrogen (secondary N) is 1. The zero-order valence-electron chi connectivity index (χ0n) is 29.0. The quantitative estimate of drug-likeness (QED) is 0.151. The zero-order valence-corrected chi connectivity index (χ0v) is 29.0. The Labute approximate surface area is 291 Å². The lowest BCUT2D eigenvalue weighted by atomic mass is 9.93. The Hall–Kier alpha value is -4.78. The van der Waals surface area contributed by atoms with E-state index < -0.39 is 0 Å². The van der Waals surface area contributed by atoms with Gasteiger partial charge in [0.2, 0.25) is 5.91 Å². The topological polar surface area (TPSA) is 55.9 Å². The van der Waals surface area contributed by atoms with Crippen LogP contribution in [0.25, 0.3) is 21.9 Å². The van der Waals surface area contributed by atoms with E-state index in [0.717, 1.165) is 66.7 Å². The highest BCUT2D eigenvalue weighted by Crippen LogP contribution is 2.32. The standard InChI is InChI=1S/C43H48N4O2/c1-32(36-16-11-17-38(30-36)40-18-9-10-19-41(40)43(49)44-24-27-45(2)3)47(39-22-25-46(26-23-39)31-33-12-5-4-6-13-33)42(48)29-34-20-21-35-14-7-8-15-37(35)28-34/h4-21,28,30,32,39H,22-27,29,31H2,1-3H3,(H,44,49). The number of piperidine rings is 1. The fraction of sp³-hybridized carbons (Fsp3) is 0.302. The Balaban J connectivity index is 1.25. The van der Waals surface area contributed by atoms with E-state index in [-0.39, 0.29) is 23.9 Å². The summed E-state index contributed by atoms with van der Waals surface area (Å²) in [7, 11) is 3.99. The van der Waals surface area contributed by atoms with Gasteiger partial charge < -0.3 is 15.1 Å². The monoisotopic (exact) mass is 652 g/mol. The normalized spacial score (nSPS) is 14.5. The SMILES string of the molecule is CC(c1cccc(-c2ccccc2C(=O)NCCN(C)C)c1)N(C(=O)Cc1ccc2ccccc2c1)C1CCN(Cc2ccccc2)CC1. The molecule has 6 rings (SSSR count). The van der Waals surface area contributed by atoms with E-state index in [9.17, 15) is 9.59 Å². The van der Waals surface area contributed by atoms with Gasteiger partial charge in [0.1, 0.15) is 0 Å². The van der Waals surface area contributed by atoms with Crippen LogP contribution in [-0.4, -0.2) is 72.8 Å². The van der Waals surface area contributed by atoms with Crippen LogP contribution in [0.2, 0.25) is 0 Å². The zero-order chi connectivity index (χ0) is 34.2. The number of likely N-dealkylation sites (tertiary alicyclic amines) is 1. The molecule has 1 heterocycles. The number of nitrogens with zero attached hydrogens (tertiary/aromatic N) is 3. The molecule has 1 N–H and O–H groups in total. The summed E-state index contributed by atoms with van der Waals surface area (Å²) in [5.74, 6) is 0.0701. The number of carbonyl (C=O) groups is 2. The molecule has 6 nitrogen and oxygen atoms in total. The highest BCUT2D eigenvalue weighted by atomic mass is 16.2. The highest BCUT2D eigenvalue weighted by Gasteiger charge is 2.32. The molecular weight excluding hydrogens is 604 g/mol. The summed E-state index contributed by atoms with van der Waals surface area (Å²) >= 11 is 0. The van der Waals surface area contributed by atoms with Crippen LogP contribution in [0.3, 0.4) is 0 Å². The van der Waals surface area contributed by atoms with Gasteiger partial charge in [0, 0.05) is 44.3 Å². The van der Waals surface area contributed by atoms with E-state index in [0.29, 0.717) is 18.5 Å². The second-order valence-electron chi connectivity index (χ2n) is 13.6. The largest absolute Gasteiger partial charge is 0.351 e. The summed E-state index contributed by atoms with van der Waals surface area (Å²) in [6.45, 7) is 6.33. The van der Waals surface area contributed by atoms with Gasteiger partial charge >= 0.3 is 0 Å². The summed E-state index contributed by atoms with van der Waals surface area (Å²) < 4.78 is 0. The number of likely N-dealkylation sites (N-methyl/N-ethyl adjacent to an activating group) is 1. The lowest BCUT2D eigenvalue weighted by Gasteiger charge is -2.42. The van der Waals surface area contributed by atoms with Gasteiger partial charge in [0.05, 0.1) is 12.5 Å². The molecule has 0 saturated carbocycles. The van der Waals surface area contributed by atoms with Crippen molar-refractivity contribution >= 4 is 22.6 Å². The first-order valence-electron chi connectivity index (χ1n) is 17.5. The highest BCUT2D eigenvalue weighted by molar-refractivity contribution is 6.01. The molecule has 5 aromatic rings. The Morgan fingerprint density at radius 1 is 0.776 bits per heavy atom. The minimum Gasteiger partial charge on any atom is -0.351 e. The minimum absolute atomic E-state index is 0.0784. The van der Waals surface area contributed by atoms with Gasteiger partial charge in [-0.2, -0.15) is 0 Å². The van der Waals surface area contributed by atoms with Gasteiger partial charge in [-0.3, -0.25) is 14.5 Å². The predicted octanol–water partition coefficient (Wildman–Crippen LogP) is 7.60. The smallest absolute Gasteiger partial charge is 0.251 e. The number of benzene rings is 5. The summed E-state index contributed by atoms with van der Waals surface area (Å²) in [6.07, 6.45) is 2.21.